The molecule has 1 saturated heterocycles. The Morgan fingerprint density at radius 1 is 1.15 bits per heavy atom. The van der Waals surface area contributed by atoms with Crippen LogP contribution in [0.5, 0.6) is 5.75 Å². The highest BCUT2D eigenvalue weighted by Gasteiger charge is 2.23. The molecule has 5 heteroatoms. The summed E-state index contributed by atoms with van der Waals surface area (Å²) in [6.45, 7) is 3.24. The largest absolute Gasteiger partial charge is 0.413 e. The first-order valence-electron chi connectivity index (χ1n) is 6.99. The molecule has 1 N–H and O–H groups in total. The molecule has 2 amide bonds. The minimum Gasteiger partial charge on any atom is -0.410 e. The van der Waals surface area contributed by atoms with Gasteiger partial charge in [-0.05, 0) is 38.3 Å². The number of ether oxygens (including phenoxy) is 1. The highest BCUT2D eigenvalue weighted by atomic mass is 16.6. The number of benzene rings is 1. The zero-order valence-corrected chi connectivity index (χ0v) is 11.7. The van der Waals surface area contributed by atoms with Gasteiger partial charge in [-0.25, -0.2) is 4.79 Å². The first kappa shape index (κ1) is 14.4. The average molecular weight is 276 g/mol. The second kappa shape index (κ2) is 6.93. The number of para-hydroxylation sites is 1. The number of amides is 2. The summed E-state index contributed by atoms with van der Waals surface area (Å²) in [6.07, 6.45) is 2.63. The van der Waals surface area contributed by atoms with Crippen molar-refractivity contribution in [3.63, 3.8) is 0 Å². The van der Waals surface area contributed by atoms with Crippen LogP contribution in [0.1, 0.15) is 26.2 Å². The average Bonchev–Trinajstić information content (AvgIpc) is 2.48. The second-order valence-electron chi connectivity index (χ2n) is 4.95. The van der Waals surface area contributed by atoms with Gasteiger partial charge in [-0.1, -0.05) is 18.2 Å². The highest BCUT2D eigenvalue weighted by Crippen LogP contribution is 2.11. The van der Waals surface area contributed by atoms with Crippen molar-refractivity contribution in [3.05, 3.63) is 30.3 Å². The molecule has 1 fully saturated rings. The summed E-state index contributed by atoms with van der Waals surface area (Å²) < 4.78 is 5.10. The van der Waals surface area contributed by atoms with Crippen LogP contribution in [-0.4, -0.2) is 36.0 Å². The van der Waals surface area contributed by atoms with Gasteiger partial charge in [0, 0.05) is 13.1 Å². The quantitative estimate of drug-likeness (QED) is 0.920. The minimum atomic E-state index is -0.603. The van der Waals surface area contributed by atoms with Crippen molar-refractivity contribution < 1.29 is 14.3 Å². The van der Waals surface area contributed by atoms with Crippen LogP contribution in [0.3, 0.4) is 0 Å². The van der Waals surface area contributed by atoms with Crippen LogP contribution < -0.4 is 10.1 Å². The highest BCUT2D eigenvalue weighted by molar-refractivity contribution is 5.85. The molecule has 1 aliphatic heterocycles. The lowest BCUT2D eigenvalue weighted by Gasteiger charge is -2.29. The summed E-state index contributed by atoms with van der Waals surface area (Å²) in [5.41, 5.74) is 0. The number of hydrogen-bond acceptors (Lipinski definition) is 3. The van der Waals surface area contributed by atoms with Crippen molar-refractivity contribution in [1.82, 2.24) is 10.2 Å². The molecule has 0 spiro atoms. The van der Waals surface area contributed by atoms with E-state index in [0.29, 0.717) is 5.75 Å². The molecule has 1 atom stereocenters. The SMILES string of the molecule is CC(NC(=O)Oc1ccccc1)C(=O)N1CCCCC1. The van der Waals surface area contributed by atoms with Crippen LogP contribution in [-0.2, 0) is 4.79 Å². The monoisotopic (exact) mass is 276 g/mol. The molecule has 0 aliphatic carbocycles. The van der Waals surface area contributed by atoms with Crippen LogP contribution in [0.15, 0.2) is 30.3 Å². The molecular formula is C15H20N2O3. The summed E-state index contributed by atoms with van der Waals surface area (Å²) in [4.78, 5) is 25.7. The zero-order valence-electron chi connectivity index (χ0n) is 11.7. The summed E-state index contributed by atoms with van der Waals surface area (Å²) >= 11 is 0. The van der Waals surface area contributed by atoms with E-state index in [1.807, 2.05) is 6.07 Å². The molecule has 5 nitrogen and oxygen atoms in total. The third-order valence-electron chi connectivity index (χ3n) is 3.33. The Morgan fingerprint density at radius 2 is 1.80 bits per heavy atom. The first-order chi connectivity index (χ1) is 9.66. The number of carbonyl (C=O) groups is 2. The van der Waals surface area contributed by atoms with E-state index in [1.54, 1.807) is 36.1 Å². The molecule has 2 rings (SSSR count). The van der Waals surface area contributed by atoms with Crippen molar-refractivity contribution in [2.45, 2.75) is 32.2 Å². The molecule has 1 aromatic carbocycles. The molecule has 108 valence electrons. The summed E-state index contributed by atoms with van der Waals surface area (Å²) in [7, 11) is 0. The van der Waals surface area contributed by atoms with Gasteiger partial charge in [-0.3, -0.25) is 4.79 Å². The van der Waals surface area contributed by atoms with E-state index in [2.05, 4.69) is 5.32 Å². The molecule has 1 aromatic rings. The molecule has 0 saturated carbocycles. The topological polar surface area (TPSA) is 58.6 Å². The van der Waals surface area contributed by atoms with Gasteiger partial charge in [0.25, 0.3) is 0 Å². The number of hydrogen-bond donors (Lipinski definition) is 1. The van der Waals surface area contributed by atoms with Crippen molar-refractivity contribution in [3.8, 4) is 5.75 Å². The van der Waals surface area contributed by atoms with Gasteiger partial charge in [0.1, 0.15) is 11.8 Å². The van der Waals surface area contributed by atoms with Gasteiger partial charge in [0.15, 0.2) is 0 Å². The minimum absolute atomic E-state index is 0.0466. The van der Waals surface area contributed by atoms with E-state index < -0.39 is 12.1 Å². The number of nitrogens with one attached hydrogen (secondary N) is 1. The van der Waals surface area contributed by atoms with Crippen molar-refractivity contribution >= 4 is 12.0 Å². The molecule has 20 heavy (non-hydrogen) atoms. The summed E-state index contributed by atoms with van der Waals surface area (Å²) in [5.74, 6) is 0.414. The van der Waals surface area contributed by atoms with E-state index in [0.717, 1.165) is 25.9 Å². The molecule has 0 bridgehead atoms. The second-order valence-corrected chi connectivity index (χ2v) is 4.95. The maximum absolute atomic E-state index is 12.1. The Labute approximate surface area is 118 Å². The lowest BCUT2D eigenvalue weighted by molar-refractivity contribution is -0.133. The Balaban J connectivity index is 1.82. The predicted octanol–water partition coefficient (Wildman–Crippen LogP) is 2.18. The molecule has 1 unspecified atom stereocenters. The van der Waals surface area contributed by atoms with E-state index in [4.69, 9.17) is 4.74 Å². The predicted molar refractivity (Wildman–Crippen MR) is 75.5 cm³/mol. The smallest absolute Gasteiger partial charge is 0.410 e. The molecule has 1 heterocycles. The molecule has 1 aliphatic rings. The van der Waals surface area contributed by atoms with E-state index in [-0.39, 0.29) is 5.91 Å². The Bertz CT molecular complexity index is 455. The number of piperidine rings is 1. The maximum Gasteiger partial charge on any atom is 0.413 e. The van der Waals surface area contributed by atoms with Gasteiger partial charge in [0.2, 0.25) is 5.91 Å². The van der Waals surface area contributed by atoms with Gasteiger partial charge in [-0.2, -0.15) is 0 Å². The third-order valence-corrected chi connectivity index (χ3v) is 3.33. The Hall–Kier alpha value is -2.04. The van der Waals surface area contributed by atoms with Crippen LogP contribution in [0.25, 0.3) is 0 Å². The summed E-state index contributed by atoms with van der Waals surface area (Å²) in [6, 6.07) is 8.22. The Kier molecular flexibility index (Phi) is 4.98. The fraction of sp³-hybridized carbons (Fsp3) is 0.467. The molecule has 0 aromatic heterocycles. The number of rotatable bonds is 3. The lowest BCUT2D eigenvalue weighted by Crippen LogP contribution is -2.49. The van der Waals surface area contributed by atoms with Gasteiger partial charge >= 0.3 is 6.09 Å². The van der Waals surface area contributed by atoms with E-state index >= 15 is 0 Å². The van der Waals surface area contributed by atoms with Gasteiger partial charge in [-0.15, -0.1) is 0 Å². The van der Waals surface area contributed by atoms with Crippen molar-refractivity contribution in [2.24, 2.45) is 0 Å². The number of carbonyl (C=O) groups excluding carboxylic acids is 2. The van der Waals surface area contributed by atoms with Crippen LogP contribution in [0.4, 0.5) is 4.79 Å². The third kappa shape index (κ3) is 3.98. The standard InChI is InChI=1S/C15H20N2O3/c1-12(14(18)17-10-6-3-7-11-17)16-15(19)20-13-8-4-2-5-9-13/h2,4-5,8-9,12H,3,6-7,10-11H2,1H3,(H,16,19). The van der Waals surface area contributed by atoms with Crippen LogP contribution in [0.2, 0.25) is 0 Å². The number of likely N-dealkylation sites (tertiary alicyclic amines) is 1. The lowest BCUT2D eigenvalue weighted by atomic mass is 10.1. The van der Waals surface area contributed by atoms with Gasteiger partial charge in [0.05, 0.1) is 0 Å². The van der Waals surface area contributed by atoms with Crippen molar-refractivity contribution in [1.29, 1.82) is 0 Å². The van der Waals surface area contributed by atoms with Gasteiger partial charge < -0.3 is 15.0 Å². The van der Waals surface area contributed by atoms with E-state index in [9.17, 15) is 9.59 Å². The molecule has 0 radical (unpaired) electrons. The normalized spacial score (nSPS) is 16.4. The van der Waals surface area contributed by atoms with Crippen molar-refractivity contribution in [2.75, 3.05) is 13.1 Å². The first-order valence-corrected chi connectivity index (χ1v) is 6.99. The zero-order chi connectivity index (χ0) is 14.4. The van der Waals surface area contributed by atoms with Crippen LogP contribution >= 0.6 is 0 Å². The fourth-order valence-corrected chi connectivity index (χ4v) is 2.25. The van der Waals surface area contributed by atoms with Crippen LogP contribution in [0, 0.1) is 0 Å². The summed E-state index contributed by atoms with van der Waals surface area (Å²) in [5, 5.41) is 2.57. The molecular weight excluding hydrogens is 256 g/mol. The number of nitrogens with zero attached hydrogens (tertiary/aromatic N) is 1. The Morgan fingerprint density at radius 3 is 2.45 bits per heavy atom. The fourth-order valence-electron chi connectivity index (χ4n) is 2.25. The maximum atomic E-state index is 12.1. The van der Waals surface area contributed by atoms with E-state index in [1.165, 1.54) is 6.42 Å².